The molecule has 0 aliphatic carbocycles. The Bertz CT molecular complexity index is 780. The number of aromatic nitrogens is 7. The number of carbonyl (C=O) groups excluding carboxylic acids is 1. The third-order valence-corrected chi connectivity index (χ3v) is 3.33. The third kappa shape index (κ3) is 3.23. The van der Waals surface area contributed by atoms with E-state index >= 15 is 0 Å². The molecule has 0 atom stereocenters. The molecule has 0 aliphatic rings. The number of nitrogens with one attached hydrogen (secondary N) is 2. The van der Waals surface area contributed by atoms with Gasteiger partial charge < -0.3 is 9.88 Å². The highest BCUT2D eigenvalue weighted by atomic mass is 16.1. The Kier molecular flexibility index (Phi) is 4.37. The number of rotatable bonds is 6. The quantitative estimate of drug-likeness (QED) is 0.695. The molecule has 2 heterocycles. The van der Waals surface area contributed by atoms with Gasteiger partial charge in [-0.25, -0.2) is 0 Å². The summed E-state index contributed by atoms with van der Waals surface area (Å²) >= 11 is 0. The van der Waals surface area contributed by atoms with Crippen molar-refractivity contribution in [3.63, 3.8) is 0 Å². The number of aromatic amines is 1. The zero-order valence-corrected chi connectivity index (χ0v) is 12.6. The minimum absolute atomic E-state index is 0.226. The maximum atomic E-state index is 12.5. The van der Waals surface area contributed by atoms with E-state index in [0.717, 1.165) is 18.8 Å². The largest absolute Gasteiger partial charge is 0.345 e. The highest BCUT2D eigenvalue weighted by molar-refractivity contribution is 5.99. The van der Waals surface area contributed by atoms with Crippen LogP contribution >= 0.6 is 0 Å². The van der Waals surface area contributed by atoms with Crippen molar-refractivity contribution in [3.05, 3.63) is 42.0 Å². The Morgan fingerprint density at radius 2 is 2.17 bits per heavy atom. The molecule has 23 heavy (non-hydrogen) atoms. The van der Waals surface area contributed by atoms with Gasteiger partial charge >= 0.3 is 0 Å². The van der Waals surface area contributed by atoms with Crippen molar-refractivity contribution >= 4 is 5.91 Å². The molecule has 2 aromatic heterocycles. The molecule has 118 valence electrons. The summed E-state index contributed by atoms with van der Waals surface area (Å²) in [7, 11) is 0. The molecule has 1 amide bonds. The van der Waals surface area contributed by atoms with Gasteiger partial charge in [-0.3, -0.25) is 4.79 Å². The number of aryl methyl sites for hydroxylation is 1. The standard InChI is InChI=1S/C14H16N8O/c1-2-7-22-9-16-17-12(22)8-15-14(23)11-6-4-3-5-10(11)13-18-20-21-19-13/h3-6,9H,2,7-8H2,1H3,(H,15,23)(H,18,19,20,21). The van der Waals surface area contributed by atoms with Gasteiger partial charge in [0.15, 0.2) is 5.82 Å². The fraction of sp³-hybridized carbons (Fsp3) is 0.286. The van der Waals surface area contributed by atoms with E-state index in [9.17, 15) is 4.79 Å². The maximum absolute atomic E-state index is 12.5. The van der Waals surface area contributed by atoms with Crippen molar-refractivity contribution in [2.45, 2.75) is 26.4 Å². The topological polar surface area (TPSA) is 114 Å². The van der Waals surface area contributed by atoms with E-state index in [2.05, 4.69) is 43.1 Å². The lowest BCUT2D eigenvalue weighted by Gasteiger charge is -2.08. The fourth-order valence-corrected chi connectivity index (χ4v) is 2.25. The second-order valence-electron chi connectivity index (χ2n) is 4.90. The summed E-state index contributed by atoms with van der Waals surface area (Å²) in [4.78, 5) is 12.5. The summed E-state index contributed by atoms with van der Waals surface area (Å²) in [6.07, 6.45) is 2.64. The van der Waals surface area contributed by atoms with Crippen LogP contribution in [0.3, 0.4) is 0 Å². The smallest absolute Gasteiger partial charge is 0.252 e. The number of tetrazole rings is 1. The van der Waals surface area contributed by atoms with Gasteiger partial charge in [-0.15, -0.1) is 20.4 Å². The van der Waals surface area contributed by atoms with E-state index in [0.29, 0.717) is 23.5 Å². The SMILES string of the molecule is CCCn1cnnc1CNC(=O)c1ccccc1-c1nn[nH]n1. The van der Waals surface area contributed by atoms with Gasteiger partial charge in [-0.1, -0.05) is 25.1 Å². The second-order valence-corrected chi connectivity index (χ2v) is 4.90. The molecule has 2 N–H and O–H groups in total. The van der Waals surface area contributed by atoms with Crippen molar-refractivity contribution in [2.24, 2.45) is 0 Å². The molecule has 0 fully saturated rings. The predicted octanol–water partition coefficient (Wildman–Crippen LogP) is 0.798. The van der Waals surface area contributed by atoms with Crippen LogP contribution in [-0.2, 0) is 13.1 Å². The first-order chi connectivity index (χ1) is 11.3. The summed E-state index contributed by atoms with van der Waals surface area (Å²) in [5, 5.41) is 24.5. The van der Waals surface area contributed by atoms with Gasteiger partial charge in [0.2, 0.25) is 5.82 Å². The minimum Gasteiger partial charge on any atom is -0.345 e. The average molecular weight is 312 g/mol. The Morgan fingerprint density at radius 3 is 2.96 bits per heavy atom. The highest BCUT2D eigenvalue weighted by Crippen LogP contribution is 2.18. The average Bonchev–Trinajstić information content (AvgIpc) is 3.25. The van der Waals surface area contributed by atoms with Crippen molar-refractivity contribution in [1.29, 1.82) is 0 Å². The Labute approximate surface area is 132 Å². The summed E-state index contributed by atoms with van der Waals surface area (Å²) < 4.78 is 1.92. The maximum Gasteiger partial charge on any atom is 0.252 e. The Balaban J connectivity index is 1.75. The van der Waals surface area contributed by atoms with E-state index < -0.39 is 0 Å². The first kappa shape index (κ1) is 14.8. The van der Waals surface area contributed by atoms with Gasteiger partial charge in [-0.2, -0.15) is 5.21 Å². The van der Waals surface area contributed by atoms with Crippen LogP contribution in [0.5, 0.6) is 0 Å². The Hall–Kier alpha value is -3.10. The number of H-pyrrole nitrogens is 1. The molecule has 0 spiro atoms. The van der Waals surface area contributed by atoms with E-state index in [4.69, 9.17) is 0 Å². The molecule has 9 nitrogen and oxygen atoms in total. The van der Waals surface area contributed by atoms with E-state index in [-0.39, 0.29) is 5.91 Å². The van der Waals surface area contributed by atoms with Crippen LogP contribution in [0.15, 0.2) is 30.6 Å². The first-order valence-electron chi connectivity index (χ1n) is 7.27. The number of nitrogens with zero attached hydrogens (tertiary/aromatic N) is 6. The van der Waals surface area contributed by atoms with Crippen molar-refractivity contribution in [2.75, 3.05) is 0 Å². The summed E-state index contributed by atoms with van der Waals surface area (Å²) in [5.41, 5.74) is 1.10. The van der Waals surface area contributed by atoms with Crippen LogP contribution in [0, 0.1) is 0 Å². The second kappa shape index (κ2) is 6.77. The third-order valence-electron chi connectivity index (χ3n) is 3.33. The van der Waals surface area contributed by atoms with Crippen LogP contribution < -0.4 is 5.32 Å². The first-order valence-corrected chi connectivity index (χ1v) is 7.27. The van der Waals surface area contributed by atoms with E-state index in [1.807, 2.05) is 10.6 Å². The van der Waals surface area contributed by atoms with E-state index in [1.54, 1.807) is 24.5 Å². The van der Waals surface area contributed by atoms with Gasteiger partial charge in [0.25, 0.3) is 5.91 Å². The van der Waals surface area contributed by atoms with Crippen LogP contribution in [0.2, 0.25) is 0 Å². The molecule has 0 saturated heterocycles. The van der Waals surface area contributed by atoms with Crippen LogP contribution in [0.1, 0.15) is 29.5 Å². The van der Waals surface area contributed by atoms with Crippen LogP contribution in [0.4, 0.5) is 0 Å². The molecule has 1 aromatic carbocycles. The molecule has 0 bridgehead atoms. The van der Waals surface area contributed by atoms with Crippen LogP contribution in [0.25, 0.3) is 11.4 Å². The van der Waals surface area contributed by atoms with Gasteiger partial charge in [0.05, 0.1) is 12.1 Å². The zero-order chi connectivity index (χ0) is 16.1. The van der Waals surface area contributed by atoms with Gasteiger partial charge in [0, 0.05) is 12.1 Å². The van der Waals surface area contributed by atoms with Crippen molar-refractivity contribution in [3.8, 4) is 11.4 Å². The molecule has 0 aliphatic heterocycles. The molecule has 3 rings (SSSR count). The van der Waals surface area contributed by atoms with E-state index in [1.165, 1.54) is 0 Å². The summed E-state index contributed by atoms with van der Waals surface area (Å²) in [5.74, 6) is 0.874. The minimum atomic E-state index is -0.226. The van der Waals surface area contributed by atoms with Gasteiger partial charge in [-0.05, 0) is 17.7 Å². The molecule has 0 unspecified atom stereocenters. The summed E-state index contributed by atoms with van der Waals surface area (Å²) in [6.45, 7) is 3.20. The number of amides is 1. The highest BCUT2D eigenvalue weighted by Gasteiger charge is 2.15. The summed E-state index contributed by atoms with van der Waals surface area (Å²) in [6, 6.07) is 7.11. The van der Waals surface area contributed by atoms with Gasteiger partial charge in [0.1, 0.15) is 6.33 Å². The van der Waals surface area contributed by atoms with Crippen molar-refractivity contribution < 1.29 is 4.79 Å². The normalized spacial score (nSPS) is 10.7. The number of hydrogen-bond donors (Lipinski definition) is 2. The number of hydrogen-bond acceptors (Lipinski definition) is 6. The predicted molar refractivity (Wildman–Crippen MR) is 81.1 cm³/mol. The lowest BCUT2D eigenvalue weighted by molar-refractivity contribution is 0.0950. The molecular formula is C14H16N8O. The molecule has 0 radical (unpaired) electrons. The lowest BCUT2D eigenvalue weighted by Crippen LogP contribution is -2.25. The molecule has 0 saturated carbocycles. The monoisotopic (exact) mass is 312 g/mol. The molecule has 3 aromatic rings. The fourth-order valence-electron chi connectivity index (χ4n) is 2.25. The molecule has 9 heteroatoms. The number of benzene rings is 1. The lowest BCUT2D eigenvalue weighted by atomic mass is 10.1. The Morgan fingerprint density at radius 1 is 1.30 bits per heavy atom. The number of carbonyl (C=O) groups is 1. The molecular weight excluding hydrogens is 296 g/mol. The zero-order valence-electron chi connectivity index (χ0n) is 12.6. The van der Waals surface area contributed by atoms with Crippen molar-refractivity contribution in [1.82, 2.24) is 40.7 Å². The van der Waals surface area contributed by atoms with Crippen LogP contribution in [-0.4, -0.2) is 41.3 Å².